The summed E-state index contributed by atoms with van der Waals surface area (Å²) in [6, 6.07) is 5.19. The lowest BCUT2D eigenvalue weighted by Crippen LogP contribution is -2.44. The zero-order valence-electron chi connectivity index (χ0n) is 16.4. The summed E-state index contributed by atoms with van der Waals surface area (Å²) < 4.78 is 30.1. The lowest BCUT2D eigenvalue weighted by molar-refractivity contribution is 0.112. The quantitative estimate of drug-likeness (QED) is 0.312. The van der Waals surface area contributed by atoms with Crippen molar-refractivity contribution in [2.75, 3.05) is 13.2 Å². The topological polar surface area (TPSA) is 61.8 Å². The molecule has 0 aliphatic rings. The van der Waals surface area contributed by atoms with E-state index in [1.54, 1.807) is 32.0 Å². The molecule has 1 rings (SSSR count). The summed E-state index contributed by atoms with van der Waals surface area (Å²) in [4.78, 5) is 11.2. The first-order chi connectivity index (χ1) is 11.5. The largest absolute Gasteiger partial charge is 0.543 e. The molecule has 0 aliphatic carbocycles. The van der Waals surface area contributed by atoms with Crippen LogP contribution < -0.4 is 4.43 Å². The molecule has 5 nitrogen and oxygen atoms in total. The third-order valence-corrected chi connectivity index (χ3v) is 10.8. The van der Waals surface area contributed by atoms with E-state index in [0.717, 1.165) is 11.8 Å². The van der Waals surface area contributed by atoms with Crippen molar-refractivity contribution >= 4 is 22.2 Å². The van der Waals surface area contributed by atoms with E-state index in [2.05, 4.69) is 33.9 Å². The Kier molecular flexibility index (Phi) is 7.63. The third-order valence-electron chi connectivity index (χ3n) is 4.41. The van der Waals surface area contributed by atoms with E-state index in [0.29, 0.717) is 24.5 Å². The molecule has 0 N–H and O–H groups in total. The smallest absolute Gasteiger partial charge is 0.335 e. The van der Waals surface area contributed by atoms with Gasteiger partial charge in [0, 0.05) is 11.1 Å². The molecular formula is C18H31O5PSi. The van der Waals surface area contributed by atoms with Crippen LogP contribution in [0, 0.1) is 0 Å². The molecule has 0 heterocycles. The van der Waals surface area contributed by atoms with E-state index < -0.39 is 15.9 Å². The minimum atomic E-state index is -3.25. The Balaban J connectivity index is 3.28. The molecule has 0 bridgehead atoms. The molecule has 0 radical (unpaired) electrons. The molecule has 0 saturated heterocycles. The van der Waals surface area contributed by atoms with Gasteiger partial charge in [-0.05, 0) is 38.0 Å². The number of aldehydes is 1. The van der Waals surface area contributed by atoms with Crippen molar-refractivity contribution in [1.82, 2.24) is 0 Å². The second-order valence-corrected chi connectivity index (χ2v) is 14.2. The van der Waals surface area contributed by atoms with Crippen LogP contribution in [0.5, 0.6) is 5.75 Å². The maximum Gasteiger partial charge on any atom is 0.335 e. The van der Waals surface area contributed by atoms with Crippen molar-refractivity contribution in [3.63, 3.8) is 0 Å². The summed E-state index contributed by atoms with van der Waals surface area (Å²) in [5.41, 5.74) is 1.26. The predicted molar refractivity (Wildman–Crippen MR) is 104 cm³/mol. The highest BCUT2D eigenvalue weighted by molar-refractivity contribution is 7.53. The molecule has 1 aromatic rings. The first-order valence-electron chi connectivity index (χ1n) is 8.63. The lowest BCUT2D eigenvalue weighted by Gasteiger charge is -2.37. The van der Waals surface area contributed by atoms with Crippen molar-refractivity contribution in [2.45, 2.75) is 58.9 Å². The highest BCUT2D eigenvalue weighted by Crippen LogP contribution is 2.53. The fourth-order valence-electron chi connectivity index (χ4n) is 2.03. The Morgan fingerprint density at radius 3 is 2.12 bits per heavy atom. The zero-order valence-corrected chi connectivity index (χ0v) is 18.3. The Labute approximate surface area is 152 Å². The fourth-order valence-corrected chi connectivity index (χ4v) is 4.80. The number of hydrogen-bond donors (Lipinski definition) is 0. The fraction of sp³-hybridized carbons (Fsp3) is 0.611. The molecule has 142 valence electrons. The summed E-state index contributed by atoms with van der Waals surface area (Å²) >= 11 is 0. The van der Waals surface area contributed by atoms with Gasteiger partial charge in [-0.2, -0.15) is 0 Å². The summed E-state index contributed by atoms with van der Waals surface area (Å²) in [6.07, 6.45) is 0.907. The maximum absolute atomic E-state index is 12.9. The third kappa shape index (κ3) is 6.06. The average Bonchev–Trinajstić information content (AvgIpc) is 2.48. The van der Waals surface area contributed by atoms with Gasteiger partial charge in [-0.3, -0.25) is 9.36 Å². The molecule has 7 heteroatoms. The summed E-state index contributed by atoms with van der Waals surface area (Å²) in [6.45, 7) is 14.9. The Morgan fingerprint density at radius 2 is 1.68 bits per heavy atom. The Bertz CT molecular complexity index is 627. The number of hydrogen-bond acceptors (Lipinski definition) is 5. The molecule has 0 saturated carbocycles. The van der Waals surface area contributed by atoms with Gasteiger partial charge in [0.25, 0.3) is 0 Å². The highest BCUT2D eigenvalue weighted by atomic mass is 31.2. The summed E-state index contributed by atoms with van der Waals surface area (Å²) in [5, 5.41) is 0.00495. The van der Waals surface area contributed by atoms with Gasteiger partial charge in [0.05, 0.1) is 19.4 Å². The van der Waals surface area contributed by atoms with E-state index in [1.165, 1.54) is 0 Å². The molecule has 0 aromatic heterocycles. The van der Waals surface area contributed by atoms with Crippen LogP contribution in [0.2, 0.25) is 18.1 Å². The molecule has 0 aliphatic heterocycles. The Hall–Kier alpha value is -0.943. The number of benzene rings is 1. The highest BCUT2D eigenvalue weighted by Gasteiger charge is 2.39. The molecule has 0 fully saturated rings. The van der Waals surface area contributed by atoms with Crippen molar-refractivity contribution < 1.29 is 22.8 Å². The normalized spacial score (nSPS) is 12.9. The van der Waals surface area contributed by atoms with E-state index >= 15 is 0 Å². The number of carbonyl (C=O) groups is 1. The van der Waals surface area contributed by atoms with Gasteiger partial charge in [0.2, 0.25) is 8.32 Å². The van der Waals surface area contributed by atoms with Gasteiger partial charge in [0.1, 0.15) is 12.0 Å². The van der Waals surface area contributed by atoms with Crippen molar-refractivity contribution in [3.8, 4) is 5.75 Å². The van der Waals surface area contributed by atoms with Gasteiger partial charge < -0.3 is 13.5 Å². The molecule has 0 atom stereocenters. The minimum absolute atomic E-state index is 0.00495. The number of carbonyl (C=O) groups excluding carboxylic acids is 1. The first kappa shape index (κ1) is 22.1. The van der Waals surface area contributed by atoms with Crippen LogP contribution >= 0.6 is 7.60 Å². The lowest BCUT2D eigenvalue weighted by atomic mass is 10.1. The van der Waals surface area contributed by atoms with E-state index in [4.69, 9.17) is 13.5 Å². The van der Waals surface area contributed by atoms with Crippen LogP contribution in [0.25, 0.3) is 0 Å². The monoisotopic (exact) mass is 386 g/mol. The van der Waals surface area contributed by atoms with Gasteiger partial charge in [-0.1, -0.05) is 32.9 Å². The zero-order chi connectivity index (χ0) is 19.3. The SMILES string of the molecule is CCOP(=O)(Cc1ccc(C=O)cc1O[Si](C)(C)C(C)(C)C)OCC. The summed E-state index contributed by atoms with van der Waals surface area (Å²) in [5.74, 6) is 0.593. The predicted octanol–water partition coefficient (Wildman–Crippen LogP) is 5.65. The van der Waals surface area contributed by atoms with Gasteiger partial charge in [0.15, 0.2) is 0 Å². The number of rotatable bonds is 9. The van der Waals surface area contributed by atoms with Crippen LogP contribution in [-0.2, 0) is 19.8 Å². The van der Waals surface area contributed by atoms with Crippen LogP contribution in [0.15, 0.2) is 18.2 Å². The Morgan fingerprint density at radius 1 is 1.12 bits per heavy atom. The van der Waals surface area contributed by atoms with Crippen LogP contribution in [0.1, 0.15) is 50.5 Å². The summed E-state index contributed by atoms with van der Waals surface area (Å²) in [7, 11) is -5.36. The standard InChI is InChI=1S/C18H31O5PSi/c1-8-21-24(20,22-9-2)14-16-11-10-15(13-19)12-17(16)23-25(6,7)18(3,4)5/h10-13H,8-9,14H2,1-7H3. The van der Waals surface area contributed by atoms with Gasteiger partial charge >= 0.3 is 7.60 Å². The second kappa shape index (κ2) is 8.63. The van der Waals surface area contributed by atoms with E-state index in [9.17, 15) is 9.36 Å². The second-order valence-electron chi connectivity index (χ2n) is 7.45. The van der Waals surface area contributed by atoms with Crippen LogP contribution in [-0.4, -0.2) is 27.8 Å². The van der Waals surface area contributed by atoms with Crippen molar-refractivity contribution in [1.29, 1.82) is 0 Å². The molecule has 1 aromatic carbocycles. The maximum atomic E-state index is 12.9. The van der Waals surface area contributed by atoms with E-state index in [1.807, 2.05) is 0 Å². The molecule has 0 spiro atoms. The van der Waals surface area contributed by atoms with Gasteiger partial charge in [-0.25, -0.2) is 0 Å². The van der Waals surface area contributed by atoms with Crippen molar-refractivity contribution in [3.05, 3.63) is 29.3 Å². The van der Waals surface area contributed by atoms with E-state index in [-0.39, 0.29) is 11.2 Å². The average molecular weight is 387 g/mol. The van der Waals surface area contributed by atoms with Crippen molar-refractivity contribution in [2.24, 2.45) is 0 Å². The molecule has 0 amide bonds. The molecular weight excluding hydrogens is 355 g/mol. The van der Waals surface area contributed by atoms with Crippen LogP contribution in [0.4, 0.5) is 0 Å². The van der Waals surface area contributed by atoms with Crippen LogP contribution in [0.3, 0.4) is 0 Å². The molecule has 0 unspecified atom stereocenters. The first-order valence-corrected chi connectivity index (χ1v) is 13.3. The minimum Gasteiger partial charge on any atom is -0.543 e. The molecule has 25 heavy (non-hydrogen) atoms. The van der Waals surface area contributed by atoms with Gasteiger partial charge in [-0.15, -0.1) is 0 Å².